The summed E-state index contributed by atoms with van der Waals surface area (Å²) in [5.41, 5.74) is -0.480. The summed E-state index contributed by atoms with van der Waals surface area (Å²) in [5.74, 6) is -0.975. The summed E-state index contributed by atoms with van der Waals surface area (Å²) < 4.78 is 0. The zero-order valence-corrected chi connectivity index (χ0v) is 10.7. The van der Waals surface area contributed by atoms with E-state index >= 15 is 0 Å². The Morgan fingerprint density at radius 2 is 1.84 bits per heavy atom. The molecule has 0 aliphatic rings. The van der Waals surface area contributed by atoms with Crippen molar-refractivity contribution in [3.05, 3.63) is 35.9 Å². The standard InChI is InChI=1S/C13H18N2O4/c1-13(19,10-5-3-2-4-6-10)9-15-12(18)14-8-7-11(16)17/h2-6,19H,7-9H2,1H3,(H,16,17)(H2,14,15,18). The molecule has 2 amide bonds. The Morgan fingerprint density at radius 3 is 2.42 bits per heavy atom. The topological polar surface area (TPSA) is 98.7 Å². The van der Waals surface area contributed by atoms with Crippen LogP contribution in [0.4, 0.5) is 4.79 Å². The van der Waals surface area contributed by atoms with Crippen molar-refractivity contribution in [2.75, 3.05) is 13.1 Å². The van der Waals surface area contributed by atoms with Gasteiger partial charge in [0.2, 0.25) is 0 Å². The van der Waals surface area contributed by atoms with Crippen LogP contribution in [0.25, 0.3) is 0 Å². The van der Waals surface area contributed by atoms with Gasteiger partial charge in [-0.3, -0.25) is 4.79 Å². The van der Waals surface area contributed by atoms with E-state index in [2.05, 4.69) is 10.6 Å². The molecule has 6 heteroatoms. The van der Waals surface area contributed by atoms with Crippen LogP contribution in [0.2, 0.25) is 0 Å². The van der Waals surface area contributed by atoms with Gasteiger partial charge in [0.05, 0.1) is 13.0 Å². The molecular weight excluding hydrogens is 248 g/mol. The SMILES string of the molecule is CC(O)(CNC(=O)NCCC(=O)O)c1ccccc1. The molecule has 0 fully saturated rings. The van der Waals surface area contributed by atoms with Crippen LogP contribution in [-0.2, 0) is 10.4 Å². The first kappa shape index (κ1) is 15.0. The Bertz CT molecular complexity index is 432. The number of hydrogen-bond donors (Lipinski definition) is 4. The van der Waals surface area contributed by atoms with Crippen LogP contribution >= 0.6 is 0 Å². The lowest BCUT2D eigenvalue weighted by Gasteiger charge is -2.24. The monoisotopic (exact) mass is 266 g/mol. The number of rotatable bonds is 6. The van der Waals surface area contributed by atoms with Crippen molar-refractivity contribution < 1.29 is 19.8 Å². The molecule has 6 nitrogen and oxygen atoms in total. The van der Waals surface area contributed by atoms with Gasteiger partial charge in [0.25, 0.3) is 0 Å². The molecule has 104 valence electrons. The Hall–Kier alpha value is -2.08. The second-order valence-corrected chi connectivity index (χ2v) is 4.39. The summed E-state index contributed by atoms with van der Waals surface area (Å²) in [6.07, 6.45) is -0.136. The van der Waals surface area contributed by atoms with E-state index in [4.69, 9.17) is 5.11 Å². The molecule has 0 heterocycles. The van der Waals surface area contributed by atoms with Crippen LogP contribution in [0.1, 0.15) is 18.9 Å². The normalized spacial score (nSPS) is 13.4. The van der Waals surface area contributed by atoms with E-state index in [-0.39, 0.29) is 19.5 Å². The fourth-order valence-corrected chi connectivity index (χ4v) is 1.50. The van der Waals surface area contributed by atoms with E-state index < -0.39 is 17.6 Å². The highest BCUT2D eigenvalue weighted by Gasteiger charge is 2.23. The van der Waals surface area contributed by atoms with Crippen LogP contribution in [0.3, 0.4) is 0 Å². The molecule has 0 aromatic heterocycles. The number of amides is 2. The molecule has 0 spiro atoms. The van der Waals surface area contributed by atoms with E-state index in [0.717, 1.165) is 0 Å². The molecule has 0 aliphatic carbocycles. The van der Waals surface area contributed by atoms with E-state index in [0.29, 0.717) is 5.56 Å². The smallest absolute Gasteiger partial charge is 0.314 e. The largest absolute Gasteiger partial charge is 0.481 e. The minimum absolute atomic E-state index is 0.0376. The number of aliphatic hydroxyl groups is 1. The lowest BCUT2D eigenvalue weighted by atomic mass is 9.96. The minimum atomic E-state index is -1.18. The van der Waals surface area contributed by atoms with Gasteiger partial charge in [0.1, 0.15) is 5.60 Å². The van der Waals surface area contributed by atoms with Crippen molar-refractivity contribution in [1.82, 2.24) is 10.6 Å². The Balaban J connectivity index is 2.39. The number of aliphatic carboxylic acids is 1. The average molecular weight is 266 g/mol. The average Bonchev–Trinajstić information content (AvgIpc) is 2.37. The Labute approximate surface area is 111 Å². The molecule has 19 heavy (non-hydrogen) atoms. The number of hydrogen-bond acceptors (Lipinski definition) is 3. The zero-order chi connectivity index (χ0) is 14.3. The van der Waals surface area contributed by atoms with E-state index in [9.17, 15) is 14.7 Å². The fourth-order valence-electron chi connectivity index (χ4n) is 1.50. The van der Waals surface area contributed by atoms with Gasteiger partial charge in [-0.05, 0) is 12.5 Å². The van der Waals surface area contributed by atoms with Gasteiger partial charge in [-0.2, -0.15) is 0 Å². The van der Waals surface area contributed by atoms with Crippen LogP contribution in [0.15, 0.2) is 30.3 Å². The number of carbonyl (C=O) groups excluding carboxylic acids is 1. The van der Waals surface area contributed by atoms with Gasteiger partial charge in [0, 0.05) is 6.54 Å². The first-order valence-corrected chi connectivity index (χ1v) is 5.93. The highest BCUT2D eigenvalue weighted by atomic mass is 16.4. The predicted molar refractivity (Wildman–Crippen MR) is 69.7 cm³/mol. The third-order valence-electron chi connectivity index (χ3n) is 2.61. The lowest BCUT2D eigenvalue weighted by Crippen LogP contribution is -2.43. The molecule has 4 N–H and O–H groups in total. The molecule has 0 saturated heterocycles. The maximum absolute atomic E-state index is 11.4. The predicted octanol–water partition coefficient (Wildman–Crippen LogP) is 0.668. The second-order valence-electron chi connectivity index (χ2n) is 4.39. The number of nitrogens with one attached hydrogen (secondary N) is 2. The van der Waals surface area contributed by atoms with Gasteiger partial charge in [-0.1, -0.05) is 30.3 Å². The van der Waals surface area contributed by atoms with Crippen molar-refractivity contribution in [3.8, 4) is 0 Å². The third kappa shape index (κ3) is 5.39. The van der Waals surface area contributed by atoms with Gasteiger partial charge >= 0.3 is 12.0 Å². The van der Waals surface area contributed by atoms with Gasteiger partial charge < -0.3 is 20.8 Å². The van der Waals surface area contributed by atoms with Gasteiger partial charge in [0.15, 0.2) is 0 Å². The lowest BCUT2D eigenvalue weighted by molar-refractivity contribution is -0.136. The van der Waals surface area contributed by atoms with Crippen molar-refractivity contribution >= 4 is 12.0 Å². The summed E-state index contributed by atoms with van der Waals surface area (Å²) in [7, 11) is 0. The third-order valence-corrected chi connectivity index (χ3v) is 2.61. The molecule has 0 radical (unpaired) electrons. The number of benzene rings is 1. The molecule has 1 atom stereocenters. The fraction of sp³-hybridized carbons (Fsp3) is 0.385. The summed E-state index contributed by atoms with van der Waals surface area (Å²) in [6.45, 7) is 1.68. The van der Waals surface area contributed by atoms with Gasteiger partial charge in [-0.15, -0.1) is 0 Å². The van der Waals surface area contributed by atoms with Crippen LogP contribution in [-0.4, -0.2) is 35.3 Å². The highest BCUT2D eigenvalue weighted by molar-refractivity contribution is 5.75. The summed E-state index contributed by atoms with van der Waals surface area (Å²) in [6, 6.07) is 8.48. The van der Waals surface area contributed by atoms with Crippen LogP contribution in [0, 0.1) is 0 Å². The van der Waals surface area contributed by atoms with E-state index in [1.807, 2.05) is 6.07 Å². The van der Waals surface area contributed by atoms with Crippen molar-refractivity contribution in [2.45, 2.75) is 18.9 Å². The zero-order valence-electron chi connectivity index (χ0n) is 10.7. The quantitative estimate of drug-likeness (QED) is 0.608. The molecule has 0 saturated carbocycles. The van der Waals surface area contributed by atoms with Crippen LogP contribution in [0.5, 0.6) is 0 Å². The minimum Gasteiger partial charge on any atom is -0.481 e. The first-order chi connectivity index (χ1) is 8.92. The van der Waals surface area contributed by atoms with Crippen molar-refractivity contribution in [2.24, 2.45) is 0 Å². The van der Waals surface area contributed by atoms with E-state index in [1.165, 1.54) is 0 Å². The highest BCUT2D eigenvalue weighted by Crippen LogP contribution is 2.18. The molecule has 0 aliphatic heterocycles. The number of urea groups is 1. The summed E-state index contributed by atoms with van der Waals surface area (Å²) >= 11 is 0. The van der Waals surface area contributed by atoms with Gasteiger partial charge in [-0.25, -0.2) is 4.79 Å². The molecule has 1 unspecified atom stereocenters. The number of carboxylic acids is 1. The molecule has 1 aromatic carbocycles. The number of carbonyl (C=O) groups is 2. The van der Waals surface area contributed by atoms with E-state index in [1.54, 1.807) is 31.2 Å². The van der Waals surface area contributed by atoms with Crippen molar-refractivity contribution in [3.63, 3.8) is 0 Å². The summed E-state index contributed by atoms with van der Waals surface area (Å²) in [4.78, 5) is 21.6. The van der Waals surface area contributed by atoms with Crippen LogP contribution < -0.4 is 10.6 Å². The maximum atomic E-state index is 11.4. The number of carboxylic acid groups (broad SMARTS) is 1. The molecule has 1 aromatic rings. The molecular formula is C13H18N2O4. The Morgan fingerprint density at radius 1 is 1.21 bits per heavy atom. The summed E-state index contributed by atoms with van der Waals surface area (Å²) in [5, 5.41) is 23.5. The Kier molecular flexibility index (Phi) is 5.32. The molecule has 0 bridgehead atoms. The second kappa shape index (κ2) is 6.75. The first-order valence-electron chi connectivity index (χ1n) is 5.93. The van der Waals surface area contributed by atoms with Crippen molar-refractivity contribution in [1.29, 1.82) is 0 Å². The molecule has 1 rings (SSSR count). The maximum Gasteiger partial charge on any atom is 0.314 e.